The molecule has 0 radical (unpaired) electrons. The molecular weight excluding hydrogens is 252 g/mol. The van der Waals surface area contributed by atoms with Gasteiger partial charge in [-0.15, -0.1) is 0 Å². The van der Waals surface area contributed by atoms with Gasteiger partial charge in [-0.3, -0.25) is 15.2 Å². The van der Waals surface area contributed by atoms with Crippen LogP contribution in [0.15, 0.2) is 18.5 Å². The Kier molecular flexibility index (Phi) is 4.95. The Bertz CT molecular complexity index is 453. The van der Waals surface area contributed by atoms with Crippen LogP contribution >= 0.6 is 0 Å². The lowest BCUT2D eigenvalue weighted by molar-refractivity contribution is 0.0370. The fraction of sp³-hybridized carbons (Fsp3) is 0.600. The summed E-state index contributed by atoms with van der Waals surface area (Å²) >= 11 is 0. The molecule has 20 heavy (non-hydrogen) atoms. The van der Waals surface area contributed by atoms with Crippen molar-refractivity contribution in [2.24, 2.45) is 0 Å². The van der Waals surface area contributed by atoms with E-state index in [1.54, 1.807) is 12.4 Å². The third-order valence-electron chi connectivity index (χ3n) is 3.86. The molecule has 1 amide bonds. The normalized spacial score (nSPS) is 23.4. The maximum absolute atomic E-state index is 12.5. The highest BCUT2D eigenvalue weighted by molar-refractivity contribution is 5.98. The molecule has 1 aliphatic rings. The van der Waals surface area contributed by atoms with Gasteiger partial charge in [0.1, 0.15) is 0 Å². The van der Waals surface area contributed by atoms with Gasteiger partial charge in [-0.2, -0.15) is 0 Å². The smallest absolute Gasteiger partial charge is 0.269 e. The van der Waals surface area contributed by atoms with E-state index >= 15 is 0 Å². The van der Waals surface area contributed by atoms with Crippen molar-refractivity contribution >= 4 is 11.6 Å². The Balaban J connectivity index is 2.11. The first kappa shape index (κ1) is 14.8. The number of hydrazine groups is 1. The van der Waals surface area contributed by atoms with Crippen molar-refractivity contribution in [2.75, 3.05) is 11.9 Å². The highest BCUT2D eigenvalue weighted by Crippen LogP contribution is 2.21. The van der Waals surface area contributed by atoms with E-state index in [1.165, 1.54) is 6.42 Å². The average molecular weight is 276 g/mol. The maximum Gasteiger partial charge on any atom is 0.269 e. The number of carbonyl (C=O) groups is 1. The Morgan fingerprint density at radius 3 is 2.75 bits per heavy atom. The molecule has 1 aromatic rings. The van der Waals surface area contributed by atoms with Crippen molar-refractivity contribution in [3.8, 4) is 0 Å². The van der Waals surface area contributed by atoms with Crippen LogP contribution in [0.5, 0.6) is 0 Å². The zero-order valence-electron chi connectivity index (χ0n) is 12.5. The van der Waals surface area contributed by atoms with E-state index in [9.17, 15) is 4.79 Å². The van der Waals surface area contributed by atoms with Crippen LogP contribution in [-0.4, -0.2) is 34.5 Å². The molecule has 2 heterocycles. The van der Waals surface area contributed by atoms with Crippen molar-refractivity contribution in [3.05, 3.63) is 24.0 Å². The van der Waals surface area contributed by atoms with E-state index in [0.29, 0.717) is 17.6 Å². The summed E-state index contributed by atoms with van der Waals surface area (Å²) < 4.78 is 0. The van der Waals surface area contributed by atoms with Crippen LogP contribution in [0.4, 0.5) is 5.69 Å². The monoisotopic (exact) mass is 276 g/mol. The number of rotatable bonds is 4. The number of piperidine rings is 1. The zero-order chi connectivity index (χ0) is 14.5. The lowest BCUT2D eigenvalue weighted by atomic mass is 10.00. The third kappa shape index (κ3) is 3.28. The molecule has 0 bridgehead atoms. The van der Waals surface area contributed by atoms with Gasteiger partial charge in [0, 0.05) is 31.0 Å². The van der Waals surface area contributed by atoms with Gasteiger partial charge in [-0.25, -0.2) is 5.01 Å². The van der Waals surface area contributed by atoms with Gasteiger partial charge >= 0.3 is 0 Å². The molecular formula is C15H24N4O. The molecule has 1 saturated heterocycles. The molecule has 0 aliphatic carbocycles. The summed E-state index contributed by atoms with van der Waals surface area (Å²) in [6.07, 6.45) is 6.78. The number of aromatic nitrogens is 1. The molecule has 2 unspecified atom stereocenters. The number of nitrogens with one attached hydrogen (secondary N) is 2. The van der Waals surface area contributed by atoms with Crippen molar-refractivity contribution in [1.82, 2.24) is 15.4 Å². The third-order valence-corrected chi connectivity index (χ3v) is 3.86. The minimum atomic E-state index is -0.0883. The summed E-state index contributed by atoms with van der Waals surface area (Å²) in [4.78, 5) is 16.5. The molecule has 5 nitrogen and oxygen atoms in total. The minimum Gasteiger partial charge on any atom is -0.385 e. The van der Waals surface area contributed by atoms with E-state index in [0.717, 1.165) is 25.1 Å². The number of anilines is 1. The molecule has 1 fully saturated rings. The van der Waals surface area contributed by atoms with E-state index in [1.807, 2.05) is 13.0 Å². The summed E-state index contributed by atoms with van der Waals surface area (Å²) in [7, 11) is 0. The second kappa shape index (κ2) is 6.70. The largest absolute Gasteiger partial charge is 0.385 e. The first-order chi connectivity index (χ1) is 9.63. The van der Waals surface area contributed by atoms with Gasteiger partial charge < -0.3 is 5.32 Å². The molecule has 110 valence electrons. The van der Waals surface area contributed by atoms with Crippen molar-refractivity contribution in [1.29, 1.82) is 0 Å². The zero-order valence-corrected chi connectivity index (χ0v) is 12.5. The van der Waals surface area contributed by atoms with Gasteiger partial charge in [0.2, 0.25) is 0 Å². The van der Waals surface area contributed by atoms with Crippen LogP contribution in [0.1, 0.15) is 50.4 Å². The van der Waals surface area contributed by atoms with Crippen LogP contribution in [0, 0.1) is 0 Å². The quantitative estimate of drug-likeness (QED) is 0.886. The van der Waals surface area contributed by atoms with Gasteiger partial charge in [-0.05, 0) is 39.7 Å². The van der Waals surface area contributed by atoms with Gasteiger partial charge in [0.05, 0.1) is 11.3 Å². The number of pyridine rings is 1. The van der Waals surface area contributed by atoms with Crippen LogP contribution in [-0.2, 0) is 0 Å². The van der Waals surface area contributed by atoms with E-state index in [-0.39, 0.29) is 5.91 Å². The summed E-state index contributed by atoms with van der Waals surface area (Å²) in [6.45, 7) is 7.10. The van der Waals surface area contributed by atoms with Crippen LogP contribution in [0.25, 0.3) is 0 Å². The molecule has 0 spiro atoms. The van der Waals surface area contributed by atoms with E-state index in [4.69, 9.17) is 0 Å². The molecule has 5 heteroatoms. The first-order valence-corrected chi connectivity index (χ1v) is 7.40. The van der Waals surface area contributed by atoms with Crippen LogP contribution in [0.3, 0.4) is 0 Å². The molecule has 1 aromatic heterocycles. The fourth-order valence-corrected chi connectivity index (χ4v) is 2.74. The average Bonchev–Trinajstić information content (AvgIpc) is 2.44. The molecule has 2 atom stereocenters. The van der Waals surface area contributed by atoms with Crippen molar-refractivity contribution < 1.29 is 4.79 Å². The highest BCUT2D eigenvalue weighted by Gasteiger charge is 2.27. The van der Waals surface area contributed by atoms with Gasteiger partial charge in [-0.1, -0.05) is 6.42 Å². The van der Waals surface area contributed by atoms with Gasteiger partial charge in [0.25, 0.3) is 5.91 Å². The highest BCUT2D eigenvalue weighted by atomic mass is 16.2. The second-order valence-electron chi connectivity index (χ2n) is 5.43. The minimum absolute atomic E-state index is 0.0883. The van der Waals surface area contributed by atoms with Crippen LogP contribution in [0.2, 0.25) is 0 Å². The standard InChI is InChI=1S/C15H24N4O/c1-4-17-14-8-9-16-10-13(14)15(20)18-19-11(2)6-5-7-12(19)3/h8-12H,4-7H2,1-3H3,(H,16,17)(H,18,20). The Morgan fingerprint density at radius 2 is 2.10 bits per heavy atom. The predicted octanol–water partition coefficient (Wildman–Crippen LogP) is 2.42. The molecule has 2 rings (SSSR count). The fourth-order valence-electron chi connectivity index (χ4n) is 2.74. The number of hydrogen-bond donors (Lipinski definition) is 2. The Morgan fingerprint density at radius 1 is 1.40 bits per heavy atom. The van der Waals surface area contributed by atoms with E-state index in [2.05, 4.69) is 34.6 Å². The molecule has 0 saturated carbocycles. The summed E-state index contributed by atoms with van der Waals surface area (Å²) in [5.41, 5.74) is 4.48. The van der Waals surface area contributed by atoms with E-state index < -0.39 is 0 Å². The summed E-state index contributed by atoms with van der Waals surface area (Å²) in [6, 6.07) is 2.59. The number of carbonyl (C=O) groups excluding carboxylic acids is 1. The number of amides is 1. The SMILES string of the molecule is CCNc1ccncc1C(=O)NN1C(C)CCCC1C. The topological polar surface area (TPSA) is 57.3 Å². The first-order valence-electron chi connectivity index (χ1n) is 7.40. The number of nitrogens with zero attached hydrogens (tertiary/aromatic N) is 2. The predicted molar refractivity (Wildman–Crippen MR) is 80.5 cm³/mol. The second-order valence-corrected chi connectivity index (χ2v) is 5.43. The molecule has 2 N–H and O–H groups in total. The van der Waals surface area contributed by atoms with Gasteiger partial charge in [0.15, 0.2) is 0 Å². The Labute approximate surface area is 120 Å². The van der Waals surface area contributed by atoms with Crippen LogP contribution < -0.4 is 10.7 Å². The summed E-state index contributed by atoms with van der Waals surface area (Å²) in [5.74, 6) is -0.0883. The number of hydrogen-bond acceptors (Lipinski definition) is 4. The Hall–Kier alpha value is -1.62. The lowest BCUT2D eigenvalue weighted by Crippen LogP contribution is -2.54. The summed E-state index contributed by atoms with van der Waals surface area (Å²) in [5, 5.41) is 5.28. The van der Waals surface area contributed by atoms with Crippen molar-refractivity contribution in [2.45, 2.75) is 52.1 Å². The molecule has 0 aromatic carbocycles. The maximum atomic E-state index is 12.5. The van der Waals surface area contributed by atoms with Crippen molar-refractivity contribution in [3.63, 3.8) is 0 Å². The lowest BCUT2D eigenvalue weighted by Gasteiger charge is -2.38. The molecule has 1 aliphatic heterocycles.